The molecule has 0 radical (unpaired) electrons. The van der Waals surface area contributed by atoms with E-state index in [0.29, 0.717) is 58.1 Å². The number of rotatable bonds is 10. The van der Waals surface area contributed by atoms with Gasteiger partial charge in [0, 0.05) is 27.4 Å². The van der Waals surface area contributed by atoms with Crippen molar-refractivity contribution in [2.75, 3.05) is 7.11 Å². The van der Waals surface area contributed by atoms with E-state index in [0.717, 1.165) is 16.0 Å². The number of carbonyl (C=O) groups excluding carboxylic acids is 4. The highest BCUT2D eigenvalue weighted by Crippen LogP contribution is 2.48. The normalized spacial score (nSPS) is 15.9. The Labute approximate surface area is 369 Å². The lowest BCUT2D eigenvalue weighted by Crippen LogP contribution is -2.15. The van der Waals surface area contributed by atoms with E-state index in [1.165, 1.54) is 62.7 Å². The predicted octanol–water partition coefficient (Wildman–Crippen LogP) is 13.8. The number of hydrogen-bond acceptors (Lipinski definition) is 10. The molecule has 4 aromatic rings. The van der Waals surface area contributed by atoms with E-state index >= 15 is 0 Å². The van der Waals surface area contributed by atoms with Crippen molar-refractivity contribution in [2.24, 2.45) is 0 Å². The van der Waals surface area contributed by atoms with Crippen LogP contribution < -0.4 is 0 Å². The number of hydrogen-bond donors (Lipinski definition) is 2. The number of aromatic hydroxyl groups is 1. The molecule has 0 spiro atoms. The van der Waals surface area contributed by atoms with Gasteiger partial charge in [-0.15, -0.1) is 34.9 Å². The van der Waals surface area contributed by atoms with Gasteiger partial charge < -0.3 is 14.9 Å². The molecule has 0 fully saturated rings. The topological polar surface area (TPSA) is 118 Å². The fourth-order valence-corrected chi connectivity index (χ4v) is 10.3. The summed E-state index contributed by atoms with van der Waals surface area (Å²) in [7, 11) is 1.34. The van der Waals surface area contributed by atoms with Crippen LogP contribution in [-0.2, 0) is 19.1 Å². The second kappa shape index (κ2) is 21.6. The molecule has 300 valence electrons. The molecule has 1 aromatic heterocycles. The number of halogens is 6. The molecule has 2 N–H and O–H groups in total. The monoisotopic (exact) mass is 936 g/mol. The van der Waals surface area contributed by atoms with E-state index in [1.54, 1.807) is 48.5 Å². The Morgan fingerprint density at radius 2 is 1.36 bits per heavy atom. The summed E-state index contributed by atoms with van der Waals surface area (Å²) in [6, 6.07) is 15.4. The second-order valence-electron chi connectivity index (χ2n) is 12.5. The standard InChI is InChI=1S/C14H16Cl2O3S.C13H12Cl2O2S.C13H10Cl2O2S/c1-8(17)6-9(2)20-13(14(18)19-3)10-4-5-11(15)12(16)7-10;2*1-6(16)11-7(2)18-13(12(11)17)8-3-4-9(14)10(15)5-8/h4-5,7,9,13H,6H2,1-3H3;3-5,7,13,17H,1-2H3;3-5,17H,1-2H3. The lowest BCUT2D eigenvalue weighted by molar-refractivity contribution is -0.140. The minimum absolute atomic E-state index is 0.00561. The minimum Gasteiger partial charge on any atom is -0.510 e. The average Bonchev–Trinajstić information content (AvgIpc) is 3.60. The Hall–Kier alpha value is -2.38. The summed E-state index contributed by atoms with van der Waals surface area (Å²) in [5, 5.41) is 22.1. The number of thioether (sulfide) groups is 2. The van der Waals surface area contributed by atoms with E-state index in [1.807, 2.05) is 26.8 Å². The summed E-state index contributed by atoms with van der Waals surface area (Å²) in [4.78, 5) is 47.4. The first-order valence-corrected chi connectivity index (χ1v) is 21.7. The number of aliphatic hydroxyl groups is 1. The van der Waals surface area contributed by atoms with Gasteiger partial charge in [-0.05, 0) is 87.7 Å². The number of ketones is 3. The summed E-state index contributed by atoms with van der Waals surface area (Å²) < 4.78 is 4.82. The van der Waals surface area contributed by atoms with Crippen LogP contribution in [0.15, 0.2) is 65.9 Å². The van der Waals surface area contributed by atoms with Crippen molar-refractivity contribution in [1.29, 1.82) is 0 Å². The van der Waals surface area contributed by atoms with Gasteiger partial charge in [0.25, 0.3) is 0 Å². The van der Waals surface area contributed by atoms with Gasteiger partial charge >= 0.3 is 5.97 Å². The van der Waals surface area contributed by atoms with Gasteiger partial charge in [-0.1, -0.05) is 94.7 Å². The highest BCUT2D eigenvalue weighted by molar-refractivity contribution is 8.01. The van der Waals surface area contributed by atoms with E-state index < -0.39 is 5.25 Å². The van der Waals surface area contributed by atoms with Crippen molar-refractivity contribution < 1.29 is 34.1 Å². The summed E-state index contributed by atoms with van der Waals surface area (Å²) >= 11 is 39.8. The number of aliphatic hydroxyl groups excluding tert-OH is 1. The number of thiophene rings is 1. The molecule has 1 aliphatic rings. The third kappa shape index (κ3) is 12.6. The van der Waals surface area contributed by atoms with Gasteiger partial charge in [0.15, 0.2) is 11.6 Å². The van der Waals surface area contributed by atoms with Gasteiger partial charge in [0.2, 0.25) is 0 Å². The van der Waals surface area contributed by atoms with E-state index in [4.69, 9.17) is 74.3 Å². The highest BCUT2D eigenvalue weighted by Gasteiger charge is 2.35. The Morgan fingerprint density at radius 1 is 0.804 bits per heavy atom. The van der Waals surface area contributed by atoms with Crippen LogP contribution in [-0.4, -0.2) is 51.1 Å². The van der Waals surface area contributed by atoms with Crippen molar-refractivity contribution in [3.05, 3.63) is 118 Å². The van der Waals surface area contributed by atoms with E-state index in [-0.39, 0.29) is 50.6 Å². The number of benzene rings is 3. The van der Waals surface area contributed by atoms with Crippen LogP contribution in [0.4, 0.5) is 0 Å². The lowest BCUT2D eigenvalue weighted by Gasteiger charge is -2.19. The molecular formula is C40H38Cl6O7S3. The first-order valence-electron chi connectivity index (χ1n) is 16.7. The molecule has 5 rings (SSSR count). The first-order chi connectivity index (χ1) is 26.2. The maximum atomic E-state index is 11.9. The van der Waals surface area contributed by atoms with Crippen molar-refractivity contribution >= 4 is 128 Å². The van der Waals surface area contributed by atoms with Crippen LogP contribution in [0.5, 0.6) is 5.75 Å². The number of aryl methyl sites for hydroxylation is 1. The molecule has 0 saturated carbocycles. The predicted molar refractivity (Wildman–Crippen MR) is 236 cm³/mol. The molecule has 4 unspecified atom stereocenters. The third-order valence-electron chi connectivity index (χ3n) is 8.09. The number of ether oxygens (including phenoxy) is 1. The summed E-state index contributed by atoms with van der Waals surface area (Å²) in [6.45, 7) is 10.1. The zero-order chi connectivity index (χ0) is 42.2. The summed E-state index contributed by atoms with van der Waals surface area (Å²) in [5.41, 5.74) is 3.20. The molecule has 0 amide bonds. The zero-order valence-corrected chi connectivity index (χ0v) is 38.1. The molecule has 2 heterocycles. The van der Waals surface area contributed by atoms with E-state index in [2.05, 4.69) is 0 Å². The number of esters is 1. The Kier molecular flexibility index (Phi) is 18.5. The number of Topliss-reactive ketones (excluding diaryl/α,β-unsaturated/α-hetero) is 3. The summed E-state index contributed by atoms with van der Waals surface area (Å²) in [6.07, 6.45) is 0.402. The van der Waals surface area contributed by atoms with Gasteiger partial charge in [-0.2, -0.15) is 0 Å². The van der Waals surface area contributed by atoms with Crippen LogP contribution in [0.2, 0.25) is 30.1 Å². The Balaban J connectivity index is 0.000000226. The highest BCUT2D eigenvalue weighted by atomic mass is 35.5. The van der Waals surface area contributed by atoms with Gasteiger partial charge in [-0.3, -0.25) is 19.2 Å². The third-order valence-corrected chi connectivity index (χ3v) is 14.2. The van der Waals surface area contributed by atoms with Crippen molar-refractivity contribution in [3.63, 3.8) is 0 Å². The Morgan fingerprint density at radius 3 is 1.82 bits per heavy atom. The molecule has 56 heavy (non-hydrogen) atoms. The molecule has 1 aliphatic heterocycles. The molecular weight excluding hydrogens is 901 g/mol. The van der Waals surface area contributed by atoms with E-state index in [9.17, 15) is 29.4 Å². The van der Waals surface area contributed by atoms with Gasteiger partial charge in [0.05, 0.1) is 52.9 Å². The molecule has 16 heteroatoms. The van der Waals surface area contributed by atoms with Crippen molar-refractivity contribution in [1.82, 2.24) is 0 Å². The molecule has 0 bridgehead atoms. The quantitative estimate of drug-likeness (QED) is 0.118. The average molecular weight is 940 g/mol. The lowest BCUT2D eigenvalue weighted by atomic mass is 10.0. The van der Waals surface area contributed by atoms with Gasteiger partial charge in [-0.25, -0.2) is 0 Å². The number of methoxy groups -OCH3 is 1. The SMILES string of the molecule is CC(=O)C1=C(O)C(c2ccc(Cl)c(Cl)c2)SC1C.CC(=O)c1c(C)sc(-c2ccc(Cl)c(Cl)c2)c1O.COC(=O)C(SC(C)CC(C)=O)c1ccc(Cl)c(Cl)c1. The second-order valence-corrected chi connectivity index (χ2v) is 19.2. The van der Waals surface area contributed by atoms with Crippen molar-refractivity contribution in [3.8, 4) is 16.2 Å². The minimum atomic E-state index is -0.524. The van der Waals surface area contributed by atoms with Crippen LogP contribution in [0.25, 0.3) is 10.4 Å². The molecule has 3 aromatic carbocycles. The van der Waals surface area contributed by atoms with Crippen LogP contribution >= 0.6 is 104 Å². The fourth-order valence-electron chi connectivity index (χ4n) is 5.58. The fraction of sp³-hybridized carbons (Fsp3) is 0.300. The van der Waals surface area contributed by atoms with Crippen LogP contribution in [0.1, 0.15) is 77.9 Å². The molecule has 7 nitrogen and oxygen atoms in total. The van der Waals surface area contributed by atoms with Gasteiger partial charge in [0.1, 0.15) is 22.5 Å². The smallest absolute Gasteiger partial charge is 0.323 e. The Bertz CT molecular complexity index is 2150. The largest absolute Gasteiger partial charge is 0.510 e. The maximum Gasteiger partial charge on any atom is 0.323 e. The first kappa shape index (κ1) is 48.0. The maximum absolute atomic E-state index is 11.9. The number of carbonyl (C=O) groups is 4. The molecule has 4 atom stereocenters. The van der Waals surface area contributed by atoms with Crippen LogP contribution in [0, 0.1) is 6.92 Å². The van der Waals surface area contributed by atoms with Crippen molar-refractivity contribution in [2.45, 2.75) is 69.0 Å². The molecule has 0 aliphatic carbocycles. The summed E-state index contributed by atoms with van der Waals surface area (Å²) in [5.74, 6) is -0.365. The van der Waals surface area contributed by atoms with Crippen LogP contribution in [0.3, 0.4) is 0 Å². The molecule has 0 saturated heterocycles. The zero-order valence-electron chi connectivity index (χ0n) is 31.1.